The highest BCUT2D eigenvalue weighted by atomic mass is 32.2. The third-order valence-electron chi connectivity index (χ3n) is 2.91. The van der Waals surface area contributed by atoms with Crippen molar-refractivity contribution in [3.8, 4) is 0 Å². The molecule has 1 aromatic heterocycles. The van der Waals surface area contributed by atoms with Crippen LogP contribution in [-0.2, 0) is 16.2 Å². The monoisotopic (exact) mass is 344 g/mol. The van der Waals surface area contributed by atoms with Crippen LogP contribution in [0.4, 0.5) is 18.3 Å². The van der Waals surface area contributed by atoms with Crippen LogP contribution in [0.5, 0.6) is 0 Å². The number of alkyl halides is 3. The highest BCUT2D eigenvalue weighted by Crippen LogP contribution is 2.35. The van der Waals surface area contributed by atoms with Crippen LogP contribution in [0.25, 0.3) is 0 Å². The lowest BCUT2D eigenvalue weighted by atomic mass is 10.4. The molecule has 0 amide bonds. The summed E-state index contributed by atoms with van der Waals surface area (Å²) in [5, 5.41) is 5.03. The fraction of sp³-hybridized carbons (Fsp3) is 0.800. The molecule has 1 atom stereocenters. The van der Waals surface area contributed by atoms with Gasteiger partial charge in [-0.3, -0.25) is 0 Å². The minimum atomic E-state index is -4.53. The Hall–Kier alpha value is -0.940. The molecule has 0 saturated carbocycles. The van der Waals surface area contributed by atoms with E-state index in [4.69, 9.17) is 0 Å². The lowest BCUT2D eigenvalue weighted by Crippen LogP contribution is -2.39. The number of anilines is 1. The lowest BCUT2D eigenvalue weighted by Gasteiger charge is -2.16. The normalized spacial score (nSPS) is 20.5. The molecule has 1 aromatic rings. The van der Waals surface area contributed by atoms with Crippen LogP contribution in [0, 0.1) is 0 Å². The highest BCUT2D eigenvalue weighted by molar-refractivity contribution is 7.90. The average Bonchev–Trinajstić information content (AvgIpc) is 2.95. The second kappa shape index (κ2) is 5.69. The summed E-state index contributed by atoms with van der Waals surface area (Å²) in [4.78, 5) is 1.52. The van der Waals surface area contributed by atoms with Gasteiger partial charge in [-0.2, -0.15) is 13.2 Å². The summed E-state index contributed by atoms with van der Waals surface area (Å²) in [6.45, 7) is 3.89. The zero-order valence-corrected chi connectivity index (χ0v) is 13.0. The van der Waals surface area contributed by atoms with Crippen molar-refractivity contribution in [1.82, 2.24) is 14.9 Å². The molecule has 1 saturated heterocycles. The molecule has 1 N–H and O–H groups in total. The van der Waals surface area contributed by atoms with E-state index in [9.17, 15) is 21.6 Å². The Morgan fingerprint density at radius 1 is 1.38 bits per heavy atom. The van der Waals surface area contributed by atoms with E-state index in [1.807, 2.05) is 0 Å². The van der Waals surface area contributed by atoms with Gasteiger partial charge in [0.15, 0.2) is 0 Å². The van der Waals surface area contributed by atoms with Crippen LogP contribution < -0.4 is 9.62 Å². The fourth-order valence-corrected chi connectivity index (χ4v) is 4.43. The summed E-state index contributed by atoms with van der Waals surface area (Å²) < 4.78 is 64.0. The number of nitrogens with zero attached hydrogens (tertiary/aromatic N) is 3. The Morgan fingerprint density at radius 2 is 2.05 bits per heavy atom. The molecule has 0 spiro atoms. The molecular weight excluding hydrogens is 329 g/mol. The molecule has 2 heterocycles. The molecule has 120 valence electrons. The topological polar surface area (TPSA) is 75.2 Å². The highest BCUT2D eigenvalue weighted by Gasteiger charge is 2.38. The first-order valence-corrected chi connectivity index (χ1v) is 8.62. The van der Waals surface area contributed by atoms with E-state index in [0.29, 0.717) is 24.3 Å². The van der Waals surface area contributed by atoms with E-state index >= 15 is 0 Å². The SMILES string of the molecule is CC(C)NS(=O)(=O)[C@H]1CCN(c2nnc(C(F)(F)F)s2)C1. The molecule has 2 rings (SSSR count). The quantitative estimate of drug-likeness (QED) is 0.895. The Kier molecular flexibility index (Phi) is 4.45. The Morgan fingerprint density at radius 3 is 2.57 bits per heavy atom. The van der Waals surface area contributed by atoms with Gasteiger partial charge in [-0.15, -0.1) is 10.2 Å². The zero-order chi connectivity index (χ0) is 15.8. The van der Waals surface area contributed by atoms with Crippen LogP contribution in [0.1, 0.15) is 25.3 Å². The van der Waals surface area contributed by atoms with Crippen molar-refractivity contribution in [2.75, 3.05) is 18.0 Å². The van der Waals surface area contributed by atoms with Crippen molar-refractivity contribution in [2.45, 2.75) is 37.7 Å². The standard InChI is InChI=1S/C10H15F3N4O2S2/c1-6(2)16-21(18,19)7-3-4-17(5-7)9-15-14-8(20-9)10(11,12)13/h6-7,16H,3-5H2,1-2H3/t7-/m0/s1. The number of aromatic nitrogens is 2. The molecular formula is C10H15F3N4O2S2. The fourth-order valence-electron chi connectivity index (χ4n) is 2.04. The van der Waals surface area contributed by atoms with Gasteiger partial charge in [0.25, 0.3) is 0 Å². The average molecular weight is 344 g/mol. The van der Waals surface area contributed by atoms with E-state index in [1.54, 1.807) is 13.8 Å². The van der Waals surface area contributed by atoms with E-state index < -0.39 is 26.5 Å². The molecule has 0 unspecified atom stereocenters. The zero-order valence-electron chi connectivity index (χ0n) is 11.4. The number of rotatable bonds is 4. The molecule has 1 aliphatic rings. The first-order chi connectivity index (χ1) is 9.59. The van der Waals surface area contributed by atoms with Gasteiger partial charge in [0.2, 0.25) is 20.2 Å². The Labute approximate surface area is 124 Å². The van der Waals surface area contributed by atoms with Crippen LogP contribution >= 0.6 is 11.3 Å². The van der Waals surface area contributed by atoms with Crippen molar-refractivity contribution < 1.29 is 21.6 Å². The molecule has 0 aliphatic carbocycles. The summed E-state index contributed by atoms with van der Waals surface area (Å²) in [5.41, 5.74) is 0. The van der Waals surface area contributed by atoms with Crippen molar-refractivity contribution >= 4 is 26.5 Å². The van der Waals surface area contributed by atoms with Gasteiger partial charge in [-0.05, 0) is 20.3 Å². The van der Waals surface area contributed by atoms with Gasteiger partial charge in [0.05, 0.1) is 5.25 Å². The van der Waals surface area contributed by atoms with E-state index in [0.717, 1.165) is 0 Å². The number of hydrogen-bond acceptors (Lipinski definition) is 6. The maximum absolute atomic E-state index is 12.5. The van der Waals surface area contributed by atoms with E-state index in [1.165, 1.54) is 4.90 Å². The van der Waals surface area contributed by atoms with Gasteiger partial charge >= 0.3 is 6.18 Å². The predicted molar refractivity (Wildman–Crippen MR) is 72.7 cm³/mol. The van der Waals surface area contributed by atoms with Gasteiger partial charge in [0, 0.05) is 19.1 Å². The largest absolute Gasteiger partial charge is 0.445 e. The minimum Gasteiger partial charge on any atom is -0.345 e. The molecule has 11 heteroatoms. The number of halogens is 3. The second-order valence-electron chi connectivity index (χ2n) is 5.06. The molecule has 0 radical (unpaired) electrons. The van der Waals surface area contributed by atoms with E-state index in [-0.39, 0.29) is 17.7 Å². The first kappa shape index (κ1) is 16.4. The summed E-state index contributed by atoms with van der Waals surface area (Å²) in [5.74, 6) is 0. The third-order valence-corrected chi connectivity index (χ3v) is 6.00. The van der Waals surface area contributed by atoms with Crippen LogP contribution in [0.15, 0.2) is 0 Å². The summed E-state index contributed by atoms with van der Waals surface area (Å²) in [6, 6.07) is -0.220. The van der Waals surface area contributed by atoms with Gasteiger partial charge in [0.1, 0.15) is 0 Å². The van der Waals surface area contributed by atoms with Crippen LogP contribution in [-0.4, -0.2) is 43.0 Å². The third kappa shape index (κ3) is 3.83. The lowest BCUT2D eigenvalue weighted by molar-refractivity contribution is -0.138. The van der Waals surface area contributed by atoms with Crippen molar-refractivity contribution in [3.63, 3.8) is 0 Å². The molecule has 1 fully saturated rings. The molecule has 1 aliphatic heterocycles. The Balaban J connectivity index is 2.08. The van der Waals surface area contributed by atoms with Gasteiger partial charge < -0.3 is 4.90 Å². The number of nitrogens with one attached hydrogen (secondary N) is 1. The minimum absolute atomic E-state index is 0.101. The Bertz CT molecular complexity index is 600. The summed E-state index contributed by atoms with van der Waals surface area (Å²) in [6.07, 6.45) is -4.18. The molecule has 21 heavy (non-hydrogen) atoms. The number of hydrogen-bond donors (Lipinski definition) is 1. The van der Waals surface area contributed by atoms with Gasteiger partial charge in [-0.1, -0.05) is 11.3 Å². The van der Waals surface area contributed by atoms with Crippen molar-refractivity contribution in [1.29, 1.82) is 0 Å². The summed E-state index contributed by atoms with van der Waals surface area (Å²) in [7, 11) is -3.48. The molecule has 0 aromatic carbocycles. The smallest absolute Gasteiger partial charge is 0.345 e. The predicted octanol–water partition coefficient (Wildman–Crippen LogP) is 1.46. The van der Waals surface area contributed by atoms with Crippen LogP contribution in [0.3, 0.4) is 0 Å². The number of sulfonamides is 1. The first-order valence-electron chi connectivity index (χ1n) is 6.26. The van der Waals surface area contributed by atoms with Crippen molar-refractivity contribution in [3.05, 3.63) is 5.01 Å². The van der Waals surface area contributed by atoms with Crippen molar-refractivity contribution in [2.24, 2.45) is 0 Å². The van der Waals surface area contributed by atoms with Crippen LogP contribution in [0.2, 0.25) is 0 Å². The molecule has 6 nitrogen and oxygen atoms in total. The van der Waals surface area contributed by atoms with E-state index in [2.05, 4.69) is 14.9 Å². The summed E-state index contributed by atoms with van der Waals surface area (Å²) >= 11 is 0.427. The second-order valence-corrected chi connectivity index (χ2v) is 8.01. The maximum Gasteiger partial charge on any atom is 0.445 e. The molecule has 0 bridgehead atoms. The maximum atomic E-state index is 12.5. The van der Waals surface area contributed by atoms with Gasteiger partial charge in [-0.25, -0.2) is 13.1 Å².